The number of carboxylic acids is 1. The minimum atomic E-state index is -1.50. The molecule has 0 heterocycles. The minimum Gasteiger partial charge on any atom is -0.479 e. The van der Waals surface area contributed by atoms with Crippen molar-refractivity contribution in [3.63, 3.8) is 0 Å². The topological polar surface area (TPSA) is 105 Å². The number of carbonyl (C=O) groups excluding carboxylic acids is 2. The van der Waals surface area contributed by atoms with Gasteiger partial charge in [0, 0.05) is 13.5 Å². The maximum atomic E-state index is 11.5. The summed E-state index contributed by atoms with van der Waals surface area (Å²) in [5, 5.41) is 13.7. The molecular weight excluding hydrogens is 240 g/mol. The van der Waals surface area contributed by atoms with Crippen molar-refractivity contribution in [2.24, 2.45) is 0 Å². The van der Waals surface area contributed by atoms with Crippen LogP contribution in [0.4, 0.5) is 0 Å². The first-order chi connectivity index (χ1) is 8.35. The summed E-state index contributed by atoms with van der Waals surface area (Å²) in [5.74, 6) is -2.00. The van der Waals surface area contributed by atoms with Gasteiger partial charge in [-0.3, -0.25) is 9.59 Å². The Labute approximate surface area is 106 Å². The number of methoxy groups -OCH3 is 1. The molecule has 0 aliphatic heterocycles. The van der Waals surface area contributed by atoms with E-state index in [1.807, 2.05) is 6.92 Å². The van der Waals surface area contributed by atoms with Gasteiger partial charge < -0.3 is 20.5 Å². The summed E-state index contributed by atoms with van der Waals surface area (Å²) < 4.78 is 4.75. The Morgan fingerprint density at radius 3 is 2.33 bits per heavy atom. The Morgan fingerprint density at radius 1 is 1.28 bits per heavy atom. The van der Waals surface area contributed by atoms with E-state index >= 15 is 0 Å². The molecule has 7 heteroatoms. The van der Waals surface area contributed by atoms with E-state index in [0.29, 0.717) is 12.8 Å². The first-order valence-corrected chi connectivity index (χ1v) is 5.65. The number of amides is 2. The predicted octanol–water partition coefficient (Wildman–Crippen LogP) is -0.491. The van der Waals surface area contributed by atoms with E-state index in [4.69, 9.17) is 9.84 Å². The molecule has 1 unspecified atom stereocenters. The highest BCUT2D eigenvalue weighted by molar-refractivity contribution is 5.89. The third kappa shape index (κ3) is 5.62. The van der Waals surface area contributed by atoms with Crippen molar-refractivity contribution >= 4 is 17.8 Å². The molecular formula is C11H20N2O5. The molecule has 0 fully saturated rings. The smallest absolute Gasteiger partial charge is 0.331 e. The van der Waals surface area contributed by atoms with Crippen LogP contribution in [0.3, 0.4) is 0 Å². The highest BCUT2D eigenvalue weighted by Gasteiger charge is 2.34. The van der Waals surface area contributed by atoms with Crippen molar-refractivity contribution in [3.05, 3.63) is 0 Å². The monoisotopic (exact) mass is 260 g/mol. The summed E-state index contributed by atoms with van der Waals surface area (Å²) in [4.78, 5) is 33.6. The van der Waals surface area contributed by atoms with Crippen molar-refractivity contribution in [2.75, 3.05) is 20.3 Å². The van der Waals surface area contributed by atoms with Gasteiger partial charge in [0.05, 0.1) is 13.2 Å². The molecule has 3 N–H and O–H groups in total. The molecule has 0 saturated carbocycles. The molecule has 0 saturated heterocycles. The number of carboxylic acid groups (broad SMARTS) is 1. The Kier molecular flexibility index (Phi) is 6.96. The normalized spacial score (nSPS) is 13.5. The maximum Gasteiger partial charge on any atom is 0.331 e. The Bertz CT molecular complexity index is 319. The highest BCUT2D eigenvalue weighted by atomic mass is 16.5. The summed E-state index contributed by atoms with van der Waals surface area (Å²) in [6.07, 6.45) is 1.02. The second-order valence-electron chi connectivity index (χ2n) is 4.15. The molecule has 0 aromatic heterocycles. The fourth-order valence-electron chi connectivity index (χ4n) is 1.29. The van der Waals surface area contributed by atoms with Gasteiger partial charge in [0.25, 0.3) is 0 Å². The van der Waals surface area contributed by atoms with Crippen molar-refractivity contribution in [2.45, 2.75) is 32.2 Å². The Hall–Kier alpha value is -1.63. The van der Waals surface area contributed by atoms with Gasteiger partial charge in [-0.1, -0.05) is 6.92 Å². The zero-order valence-electron chi connectivity index (χ0n) is 10.9. The molecule has 0 rings (SSSR count). The third-order valence-corrected chi connectivity index (χ3v) is 2.24. The number of ether oxygens (including phenoxy) is 1. The van der Waals surface area contributed by atoms with Crippen LogP contribution in [0.2, 0.25) is 0 Å². The average molecular weight is 260 g/mol. The van der Waals surface area contributed by atoms with Gasteiger partial charge in [-0.25, -0.2) is 4.79 Å². The lowest BCUT2D eigenvalue weighted by Gasteiger charge is -2.25. The second kappa shape index (κ2) is 7.65. The predicted molar refractivity (Wildman–Crippen MR) is 64.0 cm³/mol. The van der Waals surface area contributed by atoms with Crippen molar-refractivity contribution < 1.29 is 24.2 Å². The van der Waals surface area contributed by atoms with E-state index in [1.165, 1.54) is 14.0 Å². The van der Waals surface area contributed by atoms with Crippen LogP contribution in [0.1, 0.15) is 26.7 Å². The summed E-state index contributed by atoms with van der Waals surface area (Å²) >= 11 is 0. The van der Waals surface area contributed by atoms with Gasteiger partial charge >= 0.3 is 5.97 Å². The first-order valence-electron chi connectivity index (χ1n) is 5.65. The van der Waals surface area contributed by atoms with Crippen LogP contribution in [0.15, 0.2) is 0 Å². The lowest BCUT2D eigenvalue weighted by Crippen LogP contribution is -2.57. The molecule has 1 atom stereocenters. The number of hydrogen-bond acceptors (Lipinski definition) is 4. The number of hydrogen-bond donors (Lipinski definition) is 3. The Morgan fingerprint density at radius 2 is 1.89 bits per heavy atom. The van der Waals surface area contributed by atoms with E-state index in [0.717, 1.165) is 0 Å². The van der Waals surface area contributed by atoms with E-state index in [1.54, 1.807) is 0 Å². The zero-order chi connectivity index (χ0) is 14.2. The van der Waals surface area contributed by atoms with Crippen LogP contribution in [0, 0.1) is 0 Å². The van der Waals surface area contributed by atoms with Crippen LogP contribution >= 0.6 is 0 Å². The van der Waals surface area contributed by atoms with Gasteiger partial charge in [-0.15, -0.1) is 0 Å². The Balaban J connectivity index is 4.27. The van der Waals surface area contributed by atoms with Gasteiger partial charge in [0.1, 0.15) is 0 Å². The number of nitrogens with one attached hydrogen (secondary N) is 2. The fourth-order valence-corrected chi connectivity index (χ4v) is 1.29. The number of carbonyl (C=O) groups is 3. The first kappa shape index (κ1) is 16.4. The van der Waals surface area contributed by atoms with E-state index in [9.17, 15) is 14.4 Å². The van der Waals surface area contributed by atoms with Crippen LogP contribution in [0.5, 0.6) is 0 Å². The van der Waals surface area contributed by atoms with Gasteiger partial charge in [0.15, 0.2) is 5.54 Å². The highest BCUT2D eigenvalue weighted by Crippen LogP contribution is 2.04. The van der Waals surface area contributed by atoms with Gasteiger partial charge in [0.2, 0.25) is 11.8 Å². The minimum absolute atomic E-state index is 0.156. The molecule has 0 radical (unpaired) electrons. The molecule has 0 bridgehead atoms. The summed E-state index contributed by atoms with van der Waals surface area (Å²) in [6, 6.07) is 0. The molecule has 2 amide bonds. The van der Waals surface area contributed by atoms with E-state index in [-0.39, 0.29) is 19.1 Å². The lowest BCUT2D eigenvalue weighted by molar-refractivity contribution is -0.149. The second-order valence-corrected chi connectivity index (χ2v) is 4.15. The quantitative estimate of drug-likeness (QED) is 0.546. The van der Waals surface area contributed by atoms with Gasteiger partial charge in [-0.2, -0.15) is 0 Å². The molecule has 104 valence electrons. The zero-order valence-corrected chi connectivity index (χ0v) is 10.9. The summed E-state index contributed by atoms with van der Waals surface area (Å²) in [7, 11) is 1.34. The van der Waals surface area contributed by atoms with Crippen LogP contribution in [-0.4, -0.2) is 48.7 Å². The molecule has 0 aliphatic rings. The van der Waals surface area contributed by atoms with Crippen molar-refractivity contribution in [1.82, 2.24) is 10.6 Å². The SMILES string of the molecule is CCCC(=O)NCC(=O)NC(C)(COC)C(=O)O. The van der Waals surface area contributed by atoms with Crippen molar-refractivity contribution in [3.8, 4) is 0 Å². The summed E-state index contributed by atoms with van der Waals surface area (Å²) in [6.45, 7) is 2.78. The van der Waals surface area contributed by atoms with E-state index < -0.39 is 17.4 Å². The fraction of sp³-hybridized carbons (Fsp3) is 0.727. The summed E-state index contributed by atoms with van der Waals surface area (Å²) in [5.41, 5.74) is -1.50. The third-order valence-electron chi connectivity index (χ3n) is 2.24. The number of aliphatic carboxylic acids is 1. The molecule has 18 heavy (non-hydrogen) atoms. The standard InChI is InChI=1S/C11H20N2O5/c1-4-5-8(14)12-6-9(15)13-11(2,7-18-3)10(16)17/h4-7H2,1-3H3,(H,12,14)(H,13,15)(H,16,17). The molecule has 0 aromatic rings. The van der Waals surface area contributed by atoms with Crippen molar-refractivity contribution in [1.29, 1.82) is 0 Å². The maximum absolute atomic E-state index is 11.5. The van der Waals surface area contributed by atoms with Crippen LogP contribution in [0.25, 0.3) is 0 Å². The molecule has 0 aromatic carbocycles. The molecule has 7 nitrogen and oxygen atoms in total. The molecule has 0 spiro atoms. The van der Waals surface area contributed by atoms with Crippen LogP contribution in [-0.2, 0) is 19.1 Å². The number of rotatable bonds is 8. The lowest BCUT2D eigenvalue weighted by atomic mass is 10.0. The van der Waals surface area contributed by atoms with Crippen LogP contribution < -0.4 is 10.6 Å². The molecule has 0 aliphatic carbocycles. The average Bonchev–Trinajstić information content (AvgIpc) is 2.27. The van der Waals surface area contributed by atoms with E-state index in [2.05, 4.69) is 10.6 Å². The van der Waals surface area contributed by atoms with Gasteiger partial charge in [-0.05, 0) is 13.3 Å². The largest absolute Gasteiger partial charge is 0.479 e.